The second-order valence-corrected chi connectivity index (χ2v) is 5.27. The molecular weight excluding hydrogens is 308 g/mol. The molecule has 2 rings (SSSR count). The molecular formula is C17H22N4O3. The third-order valence-electron chi connectivity index (χ3n) is 3.54. The van der Waals surface area contributed by atoms with E-state index in [0.29, 0.717) is 23.0 Å². The second-order valence-electron chi connectivity index (χ2n) is 5.27. The molecule has 0 aliphatic heterocycles. The first kappa shape index (κ1) is 17.5. The van der Waals surface area contributed by atoms with Gasteiger partial charge in [0.25, 0.3) is 5.91 Å². The molecule has 1 atom stereocenters. The molecule has 24 heavy (non-hydrogen) atoms. The number of nitrogens with one attached hydrogen (secondary N) is 2. The molecule has 0 bridgehead atoms. The van der Waals surface area contributed by atoms with Crippen LogP contribution in [0.4, 0.5) is 11.6 Å². The average molecular weight is 330 g/mol. The molecule has 0 radical (unpaired) electrons. The maximum atomic E-state index is 12.0. The van der Waals surface area contributed by atoms with Gasteiger partial charge in [0.2, 0.25) is 5.95 Å². The summed E-state index contributed by atoms with van der Waals surface area (Å²) < 4.78 is 10.4. The quantitative estimate of drug-likeness (QED) is 0.812. The number of hydrogen-bond donors (Lipinski definition) is 2. The summed E-state index contributed by atoms with van der Waals surface area (Å²) in [6, 6.07) is 5.51. The lowest BCUT2D eigenvalue weighted by Crippen LogP contribution is -2.32. The van der Waals surface area contributed by atoms with Crippen molar-refractivity contribution in [3.63, 3.8) is 0 Å². The van der Waals surface area contributed by atoms with Crippen molar-refractivity contribution >= 4 is 17.5 Å². The van der Waals surface area contributed by atoms with E-state index in [4.69, 9.17) is 9.47 Å². The van der Waals surface area contributed by atoms with Crippen LogP contribution in [0.25, 0.3) is 0 Å². The van der Waals surface area contributed by atoms with Crippen molar-refractivity contribution in [2.45, 2.75) is 26.3 Å². The number of carbonyl (C=O) groups is 1. The Balaban J connectivity index is 2.07. The third kappa shape index (κ3) is 4.34. The second kappa shape index (κ2) is 8.14. The van der Waals surface area contributed by atoms with Crippen LogP contribution >= 0.6 is 0 Å². The highest BCUT2D eigenvalue weighted by molar-refractivity contribution is 5.93. The molecule has 0 fully saturated rings. The zero-order chi connectivity index (χ0) is 17.5. The molecule has 0 saturated carbocycles. The molecule has 1 amide bonds. The summed E-state index contributed by atoms with van der Waals surface area (Å²) in [5.74, 6) is 1.46. The summed E-state index contributed by atoms with van der Waals surface area (Å²) in [4.78, 5) is 20.3. The molecule has 1 unspecified atom stereocenters. The van der Waals surface area contributed by atoms with Gasteiger partial charge in [-0.3, -0.25) is 4.79 Å². The molecule has 7 nitrogen and oxygen atoms in total. The highest BCUT2D eigenvalue weighted by atomic mass is 16.5. The van der Waals surface area contributed by atoms with E-state index in [1.54, 1.807) is 26.4 Å². The fourth-order valence-corrected chi connectivity index (χ4v) is 1.96. The SMILES string of the molecule is CCC(C)NC(=O)c1cnc(Nc2ccc(OC)c(OC)c2)nc1. The van der Waals surface area contributed by atoms with Crippen LogP contribution in [0.5, 0.6) is 11.5 Å². The third-order valence-corrected chi connectivity index (χ3v) is 3.54. The van der Waals surface area contributed by atoms with Crippen molar-refractivity contribution in [2.24, 2.45) is 0 Å². The smallest absolute Gasteiger partial charge is 0.254 e. The van der Waals surface area contributed by atoms with Gasteiger partial charge in [-0.05, 0) is 25.5 Å². The van der Waals surface area contributed by atoms with Crippen molar-refractivity contribution in [1.29, 1.82) is 0 Å². The van der Waals surface area contributed by atoms with Crippen molar-refractivity contribution in [1.82, 2.24) is 15.3 Å². The number of aromatic nitrogens is 2. The van der Waals surface area contributed by atoms with Gasteiger partial charge in [0.1, 0.15) is 0 Å². The Morgan fingerprint density at radius 1 is 1.17 bits per heavy atom. The lowest BCUT2D eigenvalue weighted by molar-refractivity contribution is 0.0938. The van der Waals surface area contributed by atoms with Gasteiger partial charge < -0.3 is 20.1 Å². The largest absolute Gasteiger partial charge is 0.493 e. The summed E-state index contributed by atoms with van der Waals surface area (Å²) in [5, 5.41) is 5.93. The number of carbonyl (C=O) groups excluding carboxylic acids is 1. The van der Waals surface area contributed by atoms with E-state index in [0.717, 1.165) is 12.1 Å². The number of benzene rings is 1. The van der Waals surface area contributed by atoms with Gasteiger partial charge in [-0.1, -0.05) is 6.92 Å². The standard InChI is InChI=1S/C17H22N4O3/c1-5-11(2)20-16(22)12-9-18-17(19-10-12)21-13-6-7-14(23-3)15(8-13)24-4/h6-11H,5H2,1-4H3,(H,20,22)(H,18,19,21). The van der Waals surface area contributed by atoms with E-state index < -0.39 is 0 Å². The van der Waals surface area contributed by atoms with Crippen LogP contribution in [-0.2, 0) is 0 Å². The number of rotatable bonds is 7. The Labute approximate surface area is 141 Å². The lowest BCUT2D eigenvalue weighted by atomic mass is 10.2. The van der Waals surface area contributed by atoms with E-state index in [2.05, 4.69) is 20.6 Å². The first-order chi connectivity index (χ1) is 11.6. The molecule has 0 saturated heterocycles. The Kier molecular flexibility index (Phi) is 5.95. The maximum absolute atomic E-state index is 12.0. The van der Waals surface area contributed by atoms with Gasteiger partial charge in [0, 0.05) is 30.2 Å². The minimum Gasteiger partial charge on any atom is -0.493 e. The summed E-state index contributed by atoms with van der Waals surface area (Å²) in [5.41, 5.74) is 1.18. The summed E-state index contributed by atoms with van der Waals surface area (Å²) in [7, 11) is 3.15. The highest BCUT2D eigenvalue weighted by Gasteiger charge is 2.10. The summed E-state index contributed by atoms with van der Waals surface area (Å²) in [6.45, 7) is 3.96. The van der Waals surface area contributed by atoms with Crippen LogP contribution in [-0.4, -0.2) is 36.1 Å². The summed E-state index contributed by atoms with van der Waals surface area (Å²) in [6.07, 6.45) is 3.85. The predicted molar refractivity (Wildman–Crippen MR) is 92.1 cm³/mol. The van der Waals surface area contributed by atoms with Gasteiger partial charge in [-0.2, -0.15) is 0 Å². The minimum atomic E-state index is -0.179. The fourth-order valence-electron chi connectivity index (χ4n) is 1.96. The Morgan fingerprint density at radius 3 is 2.42 bits per heavy atom. The van der Waals surface area contributed by atoms with Crippen LogP contribution in [0, 0.1) is 0 Å². The number of methoxy groups -OCH3 is 2. The van der Waals surface area contributed by atoms with E-state index in [1.807, 2.05) is 19.9 Å². The number of anilines is 2. The fraction of sp³-hybridized carbons (Fsp3) is 0.353. The Bertz CT molecular complexity index is 689. The molecule has 1 aromatic carbocycles. The predicted octanol–water partition coefficient (Wildman–Crippen LogP) is 2.77. The number of ether oxygens (including phenoxy) is 2. The molecule has 1 heterocycles. The first-order valence-corrected chi connectivity index (χ1v) is 7.69. The van der Waals surface area contributed by atoms with Crippen molar-refractivity contribution < 1.29 is 14.3 Å². The van der Waals surface area contributed by atoms with E-state index in [-0.39, 0.29) is 11.9 Å². The van der Waals surface area contributed by atoms with E-state index >= 15 is 0 Å². The average Bonchev–Trinajstić information content (AvgIpc) is 2.61. The van der Waals surface area contributed by atoms with Crippen molar-refractivity contribution in [3.05, 3.63) is 36.2 Å². The van der Waals surface area contributed by atoms with Crippen LogP contribution in [0.15, 0.2) is 30.6 Å². The van der Waals surface area contributed by atoms with Crippen LogP contribution in [0.3, 0.4) is 0 Å². The number of hydrogen-bond acceptors (Lipinski definition) is 6. The molecule has 0 aliphatic carbocycles. The zero-order valence-corrected chi connectivity index (χ0v) is 14.3. The molecule has 1 aromatic heterocycles. The van der Waals surface area contributed by atoms with Crippen LogP contribution < -0.4 is 20.1 Å². The highest BCUT2D eigenvalue weighted by Crippen LogP contribution is 2.30. The van der Waals surface area contributed by atoms with E-state index in [1.165, 1.54) is 12.4 Å². The molecule has 128 valence electrons. The molecule has 2 N–H and O–H groups in total. The van der Waals surface area contributed by atoms with Gasteiger partial charge in [-0.15, -0.1) is 0 Å². The molecule has 0 aliphatic rings. The Morgan fingerprint density at radius 2 is 1.83 bits per heavy atom. The van der Waals surface area contributed by atoms with Gasteiger partial charge in [0.05, 0.1) is 19.8 Å². The zero-order valence-electron chi connectivity index (χ0n) is 14.3. The monoisotopic (exact) mass is 330 g/mol. The normalized spacial score (nSPS) is 11.5. The lowest BCUT2D eigenvalue weighted by Gasteiger charge is -2.12. The van der Waals surface area contributed by atoms with Crippen molar-refractivity contribution in [2.75, 3.05) is 19.5 Å². The first-order valence-electron chi connectivity index (χ1n) is 7.69. The van der Waals surface area contributed by atoms with Crippen molar-refractivity contribution in [3.8, 4) is 11.5 Å². The van der Waals surface area contributed by atoms with Crippen LogP contribution in [0.1, 0.15) is 30.6 Å². The van der Waals surface area contributed by atoms with Gasteiger partial charge in [-0.25, -0.2) is 9.97 Å². The van der Waals surface area contributed by atoms with Gasteiger partial charge in [0.15, 0.2) is 11.5 Å². The van der Waals surface area contributed by atoms with Gasteiger partial charge >= 0.3 is 0 Å². The Hall–Kier alpha value is -2.83. The number of amides is 1. The summed E-state index contributed by atoms with van der Waals surface area (Å²) >= 11 is 0. The number of nitrogens with zero attached hydrogens (tertiary/aromatic N) is 2. The van der Waals surface area contributed by atoms with E-state index in [9.17, 15) is 4.79 Å². The maximum Gasteiger partial charge on any atom is 0.254 e. The minimum absolute atomic E-state index is 0.113. The molecule has 0 spiro atoms. The molecule has 7 heteroatoms. The molecule has 2 aromatic rings. The topological polar surface area (TPSA) is 85.4 Å². The van der Waals surface area contributed by atoms with Crippen LogP contribution in [0.2, 0.25) is 0 Å².